The average molecular weight is 337 g/mol. The van der Waals surface area contributed by atoms with Crippen LogP contribution in [0.2, 0.25) is 0 Å². The van der Waals surface area contributed by atoms with Gasteiger partial charge in [-0.05, 0) is 57.4 Å². The first-order chi connectivity index (χ1) is 11.6. The van der Waals surface area contributed by atoms with Gasteiger partial charge in [0, 0.05) is 0 Å². The first-order valence-corrected chi connectivity index (χ1v) is 10.5. The lowest BCUT2D eigenvalue weighted by Crippen LogP contribution is -1.99. The van der Waals surface area contributed by atoms with Crippen LogP contribution in [-0.4, -0.2) is 6.61 Å². The van der Waals surface area contributed by atoms with Gasteiger partial charge in [0.2, 0.25) is 0 Å². The Kier molecular flexibility index (Phi) is 16.6. The molecule has 0 heterocycles. The lowest BCUT2D eigenvalue weighted by Gasteiger charge is -2.10. The van der Waals surface area contributed by atoms with Gasteiger partial charge in [0.15, 0.2) is 0 Å². The zero-order valence-corrected chi connectivity index (χ0v) is 17.3. The number of hydrogen-bond donors (Lipinski definition) is 0. The summed E-state index contributed by atoms with van der Waals surface area (Å²) in [7, 11) is 0. The van der Waals surface area contributed by atoms with E-state index in [0.29, 0.717) is 5.92 Å². The summed E-state index contributed by atoms with van der Waals surface area (Å²) < 4.78 is 5.68. The molecule has 0 aliphatic rings. The monoisotopic (exact) mass is 336 g/mol. The number of ether oxygens (including phenoxy) is 1. The van der Waals surface area contributed by atoms with Crippen molar-refractivity contribution >= 4 is 0 Å². The SMILES string of the molecule is CCCCCCCCCC(C)C=COCCC(C)CCC=C(C)C. The van der Waals surface area contributed by atoms with Gasteiger partial charge in [-0.2, -0.15) is 0 Å². The summed E-state index contributed by atoms with van der Waals surface area (Å²) in [4.78, 5) is 0. The fraction of sp³-hybridized carbons (Fsp3) is 0.826. The molecule has 0 spiro atoms. The van der Waals surface area contributed by atoms with Crippen LogP contribution in [-0.2, 0) is 4.74 Å². The third kappa shape index (κ3) is 17.6. The van der Waals surface area contributed by atoms with E-state index in [0.717, 1.165) is 18.9 Å². The molecule has 0 saturated carbocycles. The van der Waals surface area contributed by atoms with Crippen LogP contribution in [0.4, 0.5) is 0 Å². The fourth-order valence-electron chi connectivity index (χ4n) is 2.85. The first kappa shape index (κ1) is 23.3. The quantitative estimate of drug-likeness (QED) is 0.157. The van der Waals surface area contributed by atoms with Crippen LogP contribution in [0.5, 0.6) is 0 Å². The van der Waals surface area contributed by atoms with Gasteiger partial charge in [-0.25, -0.2) is 0 Å². The summed E-state index contributed by atoms with van der Waals surface area (Å²) in [5, 5.41) is 0. The molecule has 0 radical (unpaired) electrons. The van der Waals surface area contributed by atoms with Crippen molar-refractivity contribution in [1.29, 1.82) is 0 Å². The number of rotatable bonds is 16. The Labute approximate surface area is 153 Å². The highest BCUT2D eigenvalue weighted by molar-refractivity contribution is 4.92. The van der Waals surface area contributed by atoms with Crippen molar-refractivity contribution < 1.29 is 4.74 Å². The maximum Gasteiger partial charge on any atom is 0.0875 e. The molecule has 0 aliphatic heterocycles. The third-order valence-electron chi connectivity index (χ3n) is 4.71. The largest absolute Gasteiger partial charge is 0.502 e. The molecule has 0 aromatic heterocycles. The Bertz CT molecular complexity index is 312. The fourth-order valence-corrected chi connectivity index (χ4v) is 2.85. The highest BCUT2D eigenvalue weighted by Crippen LogP contribution is 2.14. The minimum absolute atomic E-state index is 0.649. The van der Waals surface area contributed by atoms with E-state index in [1.807, 2.05) is 6.26 Å². The molecule has 0 fully saturated rings. The molecule has 2 atom stereocenters. The first-order valence-electron chi connectivity index (χ1n) is 10.5. The van der Waals surface area contributed by atoms with Crippen molar-refractivity contribution in [1.82, 2.24) is 0 Å². The van der Waals surface area contributed by atoms with Crippen LogP contribution in [0.1, 0.15) is 105 Å². The van der Waals surface area contributed by atoms with E-state index < -0.39 is 0 Å². The standard InChI is InChI=1S/C23H44O/c1-6-7-8-9-10-11-12-15-22(4)17-19-24-20-18-23(5)16-13-14-21(2)3/h14,17,19,22-23H,6-13,15-16,18,20H2,1-5H3. The maximum absolute atomic E-state index is 5.68. The van der Waals surface area contributed by atoms with Gasteiger partial charge in [0.25, 0.3) is 0 Å². The van der Waals surface area contributed by atoms with E-state index >= 15 is 0 Å². The molecule has 0 bridgehead atoms. The van der Waals surface area contributed by atoms with Gasteiger partial charge in [-0.3, -0.25) is 0 Å². The smallest absolute Gasteiger partial charge is 0.0875 e. The number of allylic oxidation sites excluding steroid dienone is 3. The minimum atomic E-state index is 0.649. The second-order valence-electron chi connectivity index (χ2n) is 7.84. The molecule has 2 unspecified atom stereocenters. The number of hydrogen-bond acceptors (Lipinski definition) is 1. The summed E-state index contributed by atoms with van der Waals surface area (Å²) in [6.45, 7) is 12.1. The van der Waals surface area contributed by atoms with Crippen molar-refractivity contribution in [2.45, 2.75) is 105 Å². The predicted octanol–water partition coefficient (Wildman–Crippen LogP) is 8.07. The minimum Gasteiger partial charge on any atom is -0.502 e. The van der Waals surface area contributed by atoms with Gasteiger partial charge in [-0.1, -0.05) is 77.4 Å². The van der Waals surface area contributed by atoms with Crippen LogP contribution in [0, 0.1) is 11.8 Å². The number of unbranched alkanes of at least 4 members (excludes halogenated alkanes) is 6. The Morgan fingerprint density at radius 2 is 1.54 bits per heavy atom. The molecular weight excluding hydrogens is 292 g/mol. The molecule has 0 aromatic rings. The molecule has 0 aliphatic carbocycles. The third-order valence-corrected chi connectivity index (χ3v) is 4.71. The lowest BCUT2D eigenvalue weighted by atomic mass is 10.0. The van der Waals surface area contributed by atoms with Gasteiger partial charge >= 0.3 is 0 Å². The Balaban J connectivity index is 3.47. The summed E-state index contributed by atoms with van der Waals surface area (Å²) >= 11 is 0. The highest BCUT2D eigenvalue weighted by atomic mass is 16.5. The van der Waals surface area contributed by atoms with Gasteiger partial charge in [0.05, 0.1) is 12.9 Å². The van der Waals surface area contributed by atoms with E-state index in [4.69, 9.17) is 4.74 Å². The van der Waals surface area contributed by atoms with Crippen molar-refractivity contribution in [3.63, 3.8) is 0 Å². The average Bonchev–Trinajstić information content (AvgIpc) is 2.53. The summed E-state index contributed by atoms with van der Waals surface area (Å²) in [6.07, 6.45) is 21.2. The summed E-state index contributed by atoms with van der Waals surface area (Å²) in [5.74, 6) is 1.40. The van der Waals surface area contributed by atoms with Crippen molar-refractivity contribution in [3.8, 4) is 0 Å². The second-order valence-corrected chi connectivity index (χ2v) is 7.84. The van der Waals surface area contributed by atoms with Crippen molar-refractivity contribution in [2.75, 3.05) is 6.61 Å². The molecule has 24 heavy (non-hydrogen) atoms. The molecule has 0 aromatic carbocycles. The highest BCUT2D eigenvalue weighted by Gasteiger charge is 2.01. The van der Waals surface area contributed by atoms with Crippen LogP contribution >= 0.6 is 0 Å². The normalized spacial score (nSPS) is 13.9. The van der Waals surface area contributed by atoms with Gasteiger partial charge in [-0.15, -0.1) is 0 Å². The zero-order chi connectivity index (χ0) is 18.0. The molecule has 1 nitrogen and oxygen atoms in total. The lowest BCUT2D eigenvalue weighted by molar-refractivity contribution is 0.221. The van der Waals surface area contributed by atoms with Crippen molar-refractivity contribution in [3.05, 3.63) is 24.0 Å². The van der Waals surface area contributed by atoms with Gasteiger partial charge < -0.3 is 4.74 Å². The Morgan fingerprint density at radius 1 is 0.875 bits per heavy atom. The van der Waals surface area contributed by atoms with Crippen LogP contribution < -0.4 is 0 Å². The van der Waals surface area contributed by atoms with E-state index in [-0.39, 0.29) is 0 Å². The Morgan fingerprint density at radius 3 is 2.21 bits per heavy atom. The molecule has 0 saturated heterocycles. The van der Waals surface area contributed by atoms with E-state index in [9.17, 15) is 0 Å². The molecule has 142 valence electrons. The van der Waals surface area contributed by atoms with Crippen LogP contribution in [0.25, 0.3) is 0 Å². The zero-order valence-electron chi connectivity index (χ0n) is 17.3. The Hall–Kier alpha value is -0.720. The maximum atomic E-state index is 5.68. The molecule has 0 amide bonds. The summed E-state index contributed by atoms with van der Waals surface area (Å²) in [5.41, 5.74) is 1.43. The van der Waals surface area contributed by atoms with E-state index in [1.54, 1.807) is 0 Å². The molecule has 0 rings (SSSR count). The van der Waals surface area contributed by atoms with Crippen LogP contribution in [0.15, 0.2) is 24.0 Å². The molecule has 1 heteroatoms. The topological polar surface area (TPSA) is 9.23 Å². The molecular formula is C23H44O. The van der Waals surface area contributed by atoms with E-state index in [1.165, 1.54) is 69.8 Å². The van der Waals surface area contributed by atoms with Crippen LogP contribution in [0.3, 0.4) is 0 Å². The van der Waals surface area contributed by atoms with E-state index in [2.05, 4.69) is 46.8 Å². The van der Waals surface area contributed by atoms with Gasteiger partial charge in [0.1, 0.15) is 0 Å². The van der Waals surface area contributed by atoms with Crippen molar-refractivity contribution in [2.24, 2.45) is 11.8 Å². The molecule has 0 N–H and O–H groups in total. The second kappa shape index (κ2) is 17.1. The summed E-state index contributed by atoms with van der Waals surface area (Å²) in [6, 6.07) is 0. The predicted molar refractivity (Wildman–Crippen MR) is 109 cm³/mol.